The second kappa shape index (κ2) is 10.3. The predicted molar refractivity (Wildman–Crippen MR) is 136 cm³/mol. The molecule has 0 saturated carbocycles. The van der Waals surface area contributed by atoms with Crippen molar-refractivity contribution in [3.63, 3.8) is 0 Å². The highest BCUT2D eigenvalue weighted by atomic mass is 16.5. The van der Waals surface area contributed by atoms with Crippen molar-refractivity contribution < 1.29 is 9.53 Å². The van der Waals surface area contributed by atoms with Crippen molar-refractivity contribution in [1.29, 1.82) is 0 Å². The minimum absolute atomic E-state index is 0.0233. The number of rotatable bonds is 6. The zero-order valence-electron chi connectivity index (χ0n) is 20.0. The molecule has 8 heteroatoms. The predicted octanol–water partition coefficient (Wildman–Crippen LogP) is 2.39. The standard InChI is InChI=1S/C27H31N5O3/c1-20-16-25(29-27(34)32(20)23-10-6-3-7-11-23)31-14-15-35-24(19-31)17-28-26(33)21-12-13-30(18-21)22-8-4-2-5-9-22/h2-11,16,21,24H,12-15,17-19H2,1H3,(H,28,33). The van der Waals surface area contributed by atoms with Crippen LogP contribution in [0.25, 0.3) is 5.69 Å². The molecule has 5 rings (SSSR count). The number of carbonyl (C=O) groups excluding carboxylic acids is 1. The van der Waals surface area contributed by atoms with E-state index >= 15 is 0 Å². The molecule has 0 bridgehead atoms. The molecular formula is C27H31N5O3. The Morgan fingerprint density at radius 3 is 2.43 bits per heavy atom. The topological polar surface area (TPSA) is 79.7 Å². The Kier molecular flexibility index (Phi) is 6.81. The molecule has 2 fully saturated rings. The fourth-order valence-corrected chi connectivity index (χ4v) is 4.89. The minimum Gasteiger partial charge on any atom is -0.373 e. The number of aryl methyl sites for hydroxylation is 1. The lowest BCUT2D eigenvalue weighted by Crippen LogP contribution is -2.49. The highest BCUT2D eigenvalue weighted by molar-refractivity contribution is 5.80. The Labute approximate surface area is 205 Å². The molecule has 1 amide bonds. The van der Waals surface area contributed by atoms with E-state index < -0.39 is 0 Å². The van der Waals surface area contributed by atoms with Gasteiger partial charge >= 0.3 is 5.69 Å². The first-order chi connectivity index (χ1) is 17.1. The van der Waals surface area contributed by atoms with Crippen LogP contribution in [0.4, 0.5) is 11.5 Å². The zero-order chi connectivity index (χ0) is 24.2. The molecule has 0 aliphatic carbocycles. The smallest absolute Gasteiger partial charge is 0.354 e. The van der Waals surface area contributed by atoms with Crippen LogP contribution in [-0.4, -0.2) is 60.9 Å². The summed E-state index contributed by atoms with van der Waals surface area (Å²) in [7, 11) is 0. The van der Waals surface area contributed by atoms with Gasteiger partial charge in [-0.1, -0.05) is 36.4 Å². The number of para-hydroxylation sites is 2. The molecule has 0 spiro atoms. The van der Waals surface area contributed by atoms with Crippen LogP contribution in [0, 0.1) is 12.8 Å². The van der Waals surface area contributed by atoms with Crippen LogP contribution in [0.5, 0.6) is 0 Å². The summed E-state index contributed by atoms with van der Waals surface area (Å²) in [5, 5.41) is 3.09. The molecule has 1 aromatic heterocycles. The van der Waals surface area contributed by atoms with E-state index in [9.17, 15) is 9.59 Å². The fourth-order valence-electron chi connectivity index (χ4n) is 4.89. The molecule has 2 aromatic carbocycles. The van der Waals surface area contributed by atoms with Crippen LogP contribution in [0.1, 0.15) is 12.1 Å². The number of morpholine rings is 1. The van der Waals surface area contributed by atoms with Crippen molar-refractivity contribution in [2.45, 2.75) is 19.4 Å². The van der Waals surface area contributed by atoms with Crippen molar-refractivity contribution in [3.05, 3.63) is 82.9 Å². The molecule has 2 aliphatic rings. The Morgan fingerprint density at radius 1 is 1.00 bits per heavy atom. The van der Waals surface area contributed by atoms with E-state index in [1.165, 1.54) is 0 Å². The highest BCUT2D eigenvalue weighted by Crippen LogP contribution is 2.23. The van der Waals surface area contributed by atoms with Crippen LogP contribution in [0.2, 0.25) is 0 Å². The Bertz CT molecular complexity index is 1210. The number of aromatic nitrogens is 2. The molecular weight excluding hydrogens is 442 g/mol. The number of nitrogens with one attached hydrogen (secondary N) is 1. The van der Waals surface area contributed by atoms with Gasteiger partial charge in [0.05, 0.1) is 24.3 Å². The summed E-state index contributed by atoms with van der Waals surface area (Å²) in [6.45, 7) is 5.72. The van der Waals surface area contributed by atoms with E-state index in [0.717, 1.165) is 36.6 Å². The number of hydrogen-bond donors (Lipinski definition) is 1. The molecule has 1 N–H and O–H groups in total. The summed E-state index contributed by atoms with van der Waals surface area (Å²) in [6.07, 6.45) is 0.692. The van der Waals surface area contributed by atoms with E-state index in [1.54, 1.807) is 4.57 Å². The average molecular weight is 474 g/mol. The molecule has 3 aromatic rings. The highest BCUT2D eigenvalue weighted by Gasteiger charge is 2.29. The summed E-state index contributed by atoms with van der Waals surface area (Å²) < 4.78 is 7.52. The van der Waals surface area contributed by atoms with E-state index in [2.05, 4.69) is 32.2 Å². The molecule has 182 valence electrons. The SMILES string of the molecule is Cc1cc(N2CCOC(CNC(=O)C3CCN(c4ccccc4)C3)C2)nc(=O)n1-c1ccccc1. The van der Waals surface area contributed by atoms with Gasteiger partial charge in [-0.05, 0) is 37.6 Å². The van der Waals surface area contributed by atoms with Crippen molar-refractivity contribution >= 4 is 17.4 Å². The van der Waals surface area contributed by atoms with Crippen molar-refractivity contribution in [2.24, 2.45) is 5.92 Å². The van der Waals surface area contributed by atoms with Crippen molar-refractivity contribution in [2.75, 3.05) is 49.1 Å². The summed E-state index contributed by atoms with van der Waals surface area (Å²) in [5.41, 5.74) is 2.49. The minimum atomic E-state index is -0.299. The largest absolute Gasteiger partial charge is 0.373 e. The van der Waals surface area contributed by atoms with Gasteiger partial charge < -0.3 is 19.9 Å². The second-order valence-corrected chi connectivity index (χ2v) is 9.16. The van der Waals surface area contributed by atoms with E-state index in [0.29, 0.717) is 32.1 Å². The van der Waals surface area contributed by atoms with Crippen LogP contribution >= 0.6 is 0 Å². The van der Waals surface area contributed by atoms with Gasteiger partial charge in [0.25, 0.3) is 0 Å². The molecule has 2 saturated heterocycles. The van der Waals surface area contributed by atoms with Gasteiger partial charge in [-0.3, -0.25) is 9.36 Å². The number of nitrogens with zero attached hydrogens (tertiary/aromatic N) is 4. The lowest BCUT2D eigenvalue weighted by atomic mass is 10.1. The fraction of sp³-hybridized carbons (Fsp3) is 0.370. The monoisotopic (exact) mass is 473 g/mol. The van der Waals surface area contributed by atoms with Crippen molar-refractivity contribution in [3.8, 4) is 5.69 Å². The van der Waals surface area contributed by atoms with Gasteiger partial charge in [0.15, 0.2) is 0 Å². The van der Waals surface area contributed by atoms with Gasteiger partial charge in [0.1, 0.15) is 5.82 Å². The van der Waals surface area contributed by atoms with Crippen LogP contribution < -0.4 is 20.8 Å². The maximum atomic E-state index is 12.8. The van der Waals surface area contributed by atoms with Gasteiger partial charge in [-0.2, -0.15) is 4.98 Å². The quantitative estimate of drug-likeness (QED) is 0.592. The van der Waals surface area contributed by atoms with Gasteiger partial charge in [-0.25, -0.2) is 4.79 Å². The lowest BCUT2D eigenvalue weighted by Gasteiger charge is -2.34. The summed E-state index contributed by atoms with van der Waals surface area (Å²) >= 11 is 0. The maximum Gasteiger partial charge on any atom is 0.354 e. The summed E-state index contributed by atoms with van der Waals surface area (Å²) in [5.74, 6) is 0.696. The Balaban J connectivity index is 1.18. The van der Waals surface area contributed by atoms with Gasteiger partial charge in [0.2, 0.25) is 5.91 Å². The third-order valence-electron chi connectivity index (χ3n) is 6.75. The molecule has 2 atom stereocenters. The average Bonchev–Trinajstić information content (AvgIpc) is 3.39. The van der Waals surface area contributed by atoms with Crippen LogP contribution in [0.3, 0.4) is 0 Å². The third kappa shape index (κ3) is 5.22. The zero-order valence-corrected chi connectivity index (χ0v) is 20.0. The van der Waals surface area contributed by atoms with E-state index in [4.69, 9.17) is 4.74 Å². The number of carbonyl (C=O) groups is 1. The van der Waals surface area contributed by atoms with Gasteiger partial charge in [-0.15, -0.1) is 0 Å². The molecule has 35 heavy (non-hydrogen) atoms. The van der Waals surface area contributed by atoms with Crippen LogP contribution in [0.15, 0.2) is 71.5 Å². The normalized spacial score (nSPS) is 20.1. The number of amides is 1. The second-order valence-electron chi connectivity index (χ2n) is 9.16. The lowest BCUT2D eigenvalue weighted by molar-refractivity contribution is -0.125. The molecule has 3 heterocycles. The third-order valence-corrected chi connectivity index (χ3v) is 6.75. The van der Waals surface area contributed by atoms with Gasteiger partial charge in [0, 0.05) is 50.2 Å². The summed E-state index contributed by atoms with van der Waals surface area (Å²) in [6, 6.07) is 21.7. The number of ether oxygens (including phenoxy) is 1. The molecule has 8 nitrogen and oxygen atoms in total. The van der Waals surface area contributed by atoms with Crippen molar-refractivity contribution in [1.82, 2.24) is 14.9 Å². The first-order valence-electron chi connectivity index (χ1n) is 12.2. The molecule has 2 aliphatic heterocycles. The maximum absolute atomic E-state index is 12.8. The van der Waals surface area contributed by atoms with E-state index in [1.807, 2.05) is 61.5 Å². The summed E-state index contributed by atoms with van der Waals surface area (Å²) in [4.78, 5) is 34.3. The number of anilines is 2. The molecule has 2 unspecified atom stereocenters. The molecule has 0 radical (unpaired) electrons. The number of benzene rings is 2. The Morgan fingerprint density at radius 2 is 1.71 bits per heavy atom. The first kappa shape index (κ1) is 23.1. The number of hydrogen-bond acceptors (Lipinski definition) is 6. The van der Waals surface area contributed by atoms with E-state index in [-0.39, 0.29) is 23.6 Å². The Hall–Kier alpha value is -3.65. The van der Waals surface area contributed by atoms with Crippen LogP contribution in [-0.2, 0) is 9.53 Å². The first-order valence-corrected chi connectivity index (χ1v) is 12.2.